The van der Waals surface area contributed by atoms with Crippen molar-refractivity contribution in [2.75, 3.05) is 6.54 Å². The first-order chi connectivity index (χ1) is 11.9. The van der Waals surface area contributed by atoms with E-state index in [1.165, 1.54) is 12.1 Å². The number of halogens is 1. The van der Waals surface area contributed by atoms with Gasteiger partial charge >= 0.3 is 5.97 Å². The van der Waals surface area contributed by atoms with Crippen LogP contribution < -0.4 is 5.32 Å². The van der Waals surface area contributed by atoms with Gasteiger partial charge in [0, 0.05) is 5.56 Å². The minimum absolute atomic E-state index is 0.263. The molecule has 0 saturated carbocycles. The number of carbonyl (C=O) groups excluding carboxylic acids is 1. The number of thiazole rings is 1. The number of carbonyl (C=O) groups is 2. The SMILES string of the molecule is Cc1nc(C(=O)NCC(=O)O)c(O)c2sc(-c3ccc(F)cc3)nc12. The molecule has 7 nitrogen and oxygen atoms in total. The molecule has 25 heavy (non-hydrogen) atoms. The van der Waals surface area contributed by atoms with Crippen LogP contribution in [0, 0.1) is 12.7 Å². The number of benzene rings is 1. The molecule has 1 aromatic carbocycles. The van der Waals surface area contributed by atoms with Crippen LogP contribution in [0.25, 0.3) is 20.8 Å². The summed E-state index contributed by atoms with van der Waals surface area (Å²) in [6.45, 7) is 1.05. The lowest BCUT2D eigenvalue weighted by molar-refractivity contribution is -0.135. The van der Waals surface area contributed by atoms with Gasteiger partial charge in [0.25, 0.3) is 5.91 Å². The zero-order chi connectivity index (χ0) is 18.1. The zero-order valence-corrected chi connectivity index (χ0v) is 13.7. The van der Waals surface area contributed by atoms with Gasteiger partial charge in [0.1, 0.15) is 27.6 Å². The first-order valence-electron chi connectivity index (χ1n) is 7.13. The second-order valence-electron chi connectivity index (χ2n) is 5.17. The number of aliphatic carboxylic acids is 1. The summed E-state index contributed by atoms with van der Waals surface area (Å²) in [6.07, 6.45) is 0. The van der Waals surface area contributed by atoms with Crippen LogP contribution in [0.4, 0.5) is 4.39 Å². The Bertz CT molecular complexity index is 985. The molecule has 1 amide bonds. The molecule has 0 aliphatic heterocycles. The number of nitrogens with zero attached hydrogens (tertiary/aromatic N) is 2. The van der Waals surface area contributed by atoms with Crippen molar-refractivity contribution in [1.82, 2.24) is 15.3 Å². The number of hydrogen-bond donors (Lipinski definition) is 3. The number of hydrogen-bond acceptors (Lipinski definition) is 6. The maximum absolute atomic E-state index is 13.1. The van der Waals surface area contributed by atoms with Gasteiger partial charge in [0.2, 0.25) is 0 Å². The molecule has 128 valence electrons. The molecule has 3 N–H and O–H groups in total. The van der Waals surface area contributed by atoms with Gasteiger partial charge in [-0.05, 0) is 31.2 Å². The Hall–Kier alpha value is -3.07. The number of aromatic nitrogens is 2. The van der Waals surface area contributed by atoms with E-state index in [0.717, 1.165) is 11.3 Å². The maximum Gasteiger partial charge on any atom is 0.322 e. The van der Waals surface area contributed by atoms with Crippen molar-refractivity contribution < 1.29 is 24.2 Å². The fraction of sp³-hybridized carbons (Fsp3) is 0.125. The average Bonchev–Trinajstić information content (AvgIpc) is 3.03. The summed E-state index contributed by atoms with van der Waals surface area (Å²) in [5, 5.41) is 21.7. The van der Waals surface area contributed by atoms with Crippen molar-refractivity contribution in [3.63, 3.8) is 0 Å². The standard InChI is InChI=1S/C16H12FN3O4S/c1-7-11-14(13(23)12(19-7)15(24)18-6-10(21)22)25-16(20-11)8-2-4-9(17)5-3-8/h2-5,23H,6H2,1H3,(H,18,24)(H,21,22). The van der Waals surface area contributed by atoms with Gasteiger partial charge in [-0.15, -0.1) is 11.3 Å². The molecule has 0 spiro atoms. The van der Waals surface area contributed by atoms with Crippen LogP contribution in [-0.2, 0) is 4.79 Å². The molecule has 0 aliphatic carbocycles. The number of rotatable bonds is 4. The zero-order valence-electron chi connectivity index (χ0n) is 12.9. The Morgan fingerprint density at radius 2 is 1.92 bits per heavy atom. The van der Waals surface area contributed by atoms with Crippen molar-refractivity contribution in [3.8, 4) is 16.3 Å². The lowest BCUT2D eigenvalue weighted by Gasteiger charge is -2.06. The van der Waals surface area contributed by atoms with Gasteiger partial charge < -0.3 is 15.5 Å². The second kappa shape index (κ2) is 6.44. The Morgan fingerprint density at radius 1 is 1.24 bits per heavy atom. The highest BCUT2D eigenvalue weighted by molar-refractivity contribution is 7.22. The summed E-state index contributed by atoms with van der Waals surface area (Å²) in [4.78, 5) is 31.0. The molecule has 9 heteroatoms. The molecule has 0 saturated heterocycles. The van der Waals surface area contributed by atoms with E-state index in [1.807, 2.05) is 0 Å². The van der Waals surface area contributed by atoms with E-state index in [0.29, 0.717) is 26.5 Å². The smallest absolute Gasteiger partial charge is 0.322 e. The second-order valence-corrected chi connectivity index (χ2v) is 6.17. The van der Waals surface area contributed by atoms with Gasteiger partial charge in [0.15, 0.2) is 11.4 Å². The highest BCUT2D eigenvalue weighted by atomic mass is 32.1. The Labute approximate surface area is 144 Å². The lowest BCUT2D eigenvalue weighted by atomic mass is 10.2. The summed E-state index contributed by atoms with van der Waals surface area (Å²) in [7, 11) is 0. The molecule has 0 radical (unpaired) electrons. The molecule has 0 aliphatic rings. The number of fused-ring (bicyclic) bond motifs is 1. The van der Waals surface area contributed by atoms with Crippen molar-refractivity contribution in [2.24, 2.45) is 0 Å². The highest BCUT2D eigenvalue weighted by Gasteiger charge is 2.21. The quantitative estimate of drug-likeness (QED) is 0.657. The Kier molecular flexibility index (Phi) is 4.32. The molecule has 0 bridgehead atoms. The molecular weight excluding hydrogens is 349 g/mol. The summed E-state index contributed by atoms with van der Waals surface area (Å²) in [5.41, 5.74) is 1.24. The van der Waals surface area contributed by atoms with Crippen molar-refractivity contribution in [2.45, 2.75) is 6.92 Å². The van der Waals surface area contributed by atoms with Crippen LogP contribution in [0.15, 0.2) is 24.3 Å². The first-order valence-corrected chi connectivity index (χ1v) is 7.94. The van der Waals surface area contributed by atoms with E-state index in [4.69, 9.17) is 5.11 Å². The van der Waals surface area contributed by atoms with Crippen molar-refractivity contribution >= 4 is 33.4 Å². The largest absolute Gasteiger partial charge is 0.504 e. The maximum atomic E-state index is 13.1. The number of amides is 1. The minimum Gasteiger partial charge on any atom is -0.504 e. The highest BCUT2D eigenvalue weighted by Crippen LogP contribution is 2.37. The number of carboxylic acids is 1. The minimum atomic E-state index is -1.21. The average molecular weight is 361 g/mol. The van der Waals surface area contributed by atoms with Gasteiger partial charge in [-0.3, -0.25) is 9.59 Å². The third-order valence-electron chi connectivity index (χ3n) is 3.40. The molecule has 3 rings (SSSR count). The summed E-state index contributed by atoms with van der Waals surface area (Å²) < 4.78 is 13.4. The monoisotopic (exact) mass is 361 g/mol. The van der Waals surface area contributed by atoms with E-state index in [9.17, 15) is 19.1 Å². The third-order valence-corrected chi connectivity index (χ3v) is 4.51. The number of aryl methyl sites for hydroxylation is 1. The summed E-state index contributed by atoms with van der Waals surface area (Å²) >= 11 is 1.13. The molecule has 0 unspecified atom stereocenters. The topological polar surface area (TPSA) is 112 Å². The van der Waals surface area contributed by atoms with Gasteiger partial charge in [0.05, 0.1) is 5.69 Å². The fourth-order valence-electron chi connectivity index (χ4n) is 2.22. The van der Waals surface area contributed by atoms with E-state index < -0.39 is 18.4 Å². The van der Waals surface area contributed by atoms with E-state index in [1.54, 1.807) is 19.1 Å². The molecule has 2 heterocycles. The normalized spacial score (nSPS) is 10.8. The van der Waals surface area contributed by atoms with E-state index in [2.05, 4.69) is 15.3 Å². The molecule has 2 aromatic heterocycles. The summed E-state index contributed by atoms with van der Waals surface area (Å²) in [6, 6.07) is 5.73. The number of nitrogens with one attached hydrogen (secondary N) is 1. The number of aromatic hydroxyl groups is 1. The first kappa shape index (κ1) is 16.8. The van der Waals surface area contributed by atoms with Crippen LogP contribution in [0.2, 0.25) is 0 Å². The predicted octanol–water partition coefficient (Wildman–Crippen LogP) is 2.33. The molecule has 0 atom stereocenters. The van der Waals surface area contributed by atoms with Crippen molar-refractivity contribution in [1.29, 1.82) is 0 Å². The third kappa shape index (κ3) is 3.26. The van der Waals surface area contributed by atoms with Crippen LogP contribution in [-0.4, -0.2) is 38.6 Å². The number of pyridine rings is 1. The van der Waals surface area contributed by atoms with E-state index in [-0.39, 0.29) is 17.3 Å². The predicted molar refractivity (Wildman–Crippen MR) is 89.2 cm³/mol. The fourth-order valence-corrected chi connectivity index (χ4v) is 3.29. The molecular formula is C16H12FN3O4S. The van der Waals surface area contributed by atoms with Crippen LogP contribution >= 0.6 is 11.3 Å². The molecule has 0 fully saturated rings. The molecule has 3 aromatic rings. The van der Waals surface area contributed by atoms with E-state index >= 15 is 0 Å². The lowest BCUT2D eigenvalue weighted by Crippen LogP contribution is -2.30. The Morgan fingerprint density at radius 3 is 2.56 bits per heavy atom. The van der Waals surface area contributed by atoms with Gasteiger partial charge in [-0.2, -0.15) is 0 Å². The Balaban J connectivity index is 2.06. The van der Waals surface area contributed by atoms with Crippen molar-refractivity contribution in [3.05, 3.63) is 41.5 Å². The summed E-state index contributed by atoms with van der Waals surface area (Å²) in [5.74, 6) is -2.74. The van der Waals surface area contributed by atoms with Crippen LogP contribution in [0.3, 0.4) is 0 Å². The number of carboxylic acid groups (broad SMARTS) is 1. The van der Waals surface area contributed by atoms with Crippen LogP contribution in [0.5, 0.6) is 5.75 Å². The van der Waals surface area contributed by atoms with Gasteiger partial charge in [-0.25, -0.2) is 14.4 Å². The van der Waals surface area contributed by atoms with Crippen LogP contribution in [0.1, 0.15) is 16.2 Å². The van der Waals surface area contributed by atoms with Gasteiger partial charge in [-0.1, -0.05) is 0 Å².